The van der Waals surface area contributed by atoms with Gasteiger partial charge in [0.25, 0.3) is 0 Å². The van der Waals surface area contributed by atoms with Crippen molar-refractivity contribution in [2.45, 2.75) is 39.4 Å². The van der Waals surface area contributed by atoms with Crippen LogP contribution in [0.5, 0.6) is 0 Å². The van der Waals surface area contributed by atoms with Gasteiger partial charge in [-0.1, -0.05) is 19.1 Å². The van der Waals surface area contributed by atoms with Crippen molar-refractivity contribution in [3.63, 3.8) is 0 Å². The van der Waals surface area contributed by atoms with Gasteiger partial charge in [0.05, 0.1) is 5.92 Å². The average Bonchev–Trinajstić information content (AvgIpc) is 2.44. The zero-order valence-electron chi connectivity index (χ0n) is 12.6. The molecule has 0 spiro atoms. The van der Waals surface area contributed by atoms with Crippen LogP contribution in [0.25, 0.3) is 0 Å². The summed E-state index contributed by atoms with van der Waals surface area (Å²) < 4.78 is 38.7. The molecule has 0 amide bonds. The van der Waals surface area contributed by atoms with Crippen molar-refractivity contribution in [2.24, 2.45) is 5.92 Å². The lowest BCUT2D eigenvalue weighted by Gasteiger charge is -2.36. The molecular formula is C16H23F3N2. The molecule has 2 nitrogen and oxygen atoms in total. The van der Waals surface area contributed by atoms with Crippen molar-refractivity contribution in [3.05, 3.63) is 29.3 Å². The number of hydrogen-bond acceptors (Lipinski definition) is 2. The van der Waals surface area contributed by atoms with Crippen molar-refractivity contribution in [2.75, 3.05) is 24.5 Å². The van der Waals surface area contributed by atoms with Crippen LogP contribution in [0.15, 0.2) is 18.2 Å². The molecule has 0 aliphatic carbocycles. The first-order valence-corrected chi connectivity index (χ1v) is 7.53. The predicted octanol–water partition coefficient (Wildman–Crippen LogP) is 3.88. The Bertz CT molecular complexity index is 471. The minimum absolute atomic E-state index is 0.0803. The van der Waals surface area contributed by atoms with Crippen molar-refractivity contribution < 1.29 is 13.2 Å². The van der Waals surface area contributed by atoms with Crippen molar-refractivity contribution >= 4 is 5.69 Å². The van der Waals surface area contributed by atoms with Gasteiger partial charge in [-0.25, -0.2) is 0 Å². The minimum Gasteiger partial charge on any atom is -0.371 e. The van der Waals surface area contributed by atoms with Gasteiger partial charge in [0.15, 0.2) is 0 Å². The number of benzene rings is 1. The molecule has 1 atom stereocenters. The van der Waals surface area contributed by atoms with E-state index < -0.39 is 12.1 Å². The number of nitrogens with one attached hydrogen (secondary N) is 1. The third-order valence-corrected chi connectivity index (χ3v) is 4.07. The van der Waals surface area contributed by atoms with Gasteiger partial charge in [0.2, 0.25) is 0 Å². The third kappa shape index (κ3) is 4.13. The molecule has 1 N–H and O–H groups in total. The van der Waals surface area contributed by atoms with Crippen LogP contribution >= 0.6 is 0 Å². The Morgan fingerprint density at radius 3 is 2.71 bits per heavy atom. The van der Waals surface area contributed by atoms with Crippen LogP contribution in [0.3, 0.4) is 0 Å². The number of piperidine rings is 1. The predicted molar refractivity (Wildman–Crippen MR) is 79.6 cm³/mol. The van der Waals surface area contributed by atoms with E-state index in [1.54, 1.807) is 0 Å². The molecule has 1 aromatic rings. The van der Waals surface area contributed by atoms with Crippen LogP contribution in [0.4, 0.5) is 18.9 Å². The summed E-state index contributed by atoms with van der Waals surface area (Å²) in [5.74, 6) is -1.20. The smallest absolute Gasteiger partial charge is 0.371 e. The fraction of sp³-hybridized carbons (Fsp3) is 0.625. The Balaban J connectivity index is 2.10. The Hall–Kier alpha value is -1.23. The van der Waals surface area contributed by atoms with E-state index in [9.17, 15) is 13.2 Å². The fourth-order valence-corrected chi connectivity index (χ4v) is 2.91. The van der Waals surface area contributed by atoms with Gasteiger partial charge in [0.1, 0.15) is 0 Å². The van der Waals surface area contributed by atoms with Gasteiger partial charge < -0.3 is 10.2 Å². The van der Waals surface area contributed by atoms with Crippen LogP contribution in [0, 0.1) is 12.8 Å². The quantitative estimate of drug-likeness (QED) is 0.907. The van der Waals surface area contributed by atoms with Crippen LogP contribution in [-0.4, -0.2) is 25.8 Å². The molecule has 1 saturated heterocycles. The first kappa shape index (κ1) is 16.1. The SMILES string of the molecule is CCNCc1ccc(N2CCCC(C(F)(F)F)C2)c(C)c1. The van der Waals surface area contributed by atoms with Gasteiger partial charge in [-0.3, -0.25) is 0 Å². The summed E-state index contributed by atoms with van der Waals surface area (Å²) in [6.45, 7) is 6.51. The van der Waals surface area contributed by atoms with Crippen LogP contribution in [0.1, 0.15) is 30.9 Å². The van der Waals surface area contributed by atoms with E-state index in [4.69, 9.17) is 0 Å². The lowest BCUT2D eigenvalue weighted by molar-refractivity contribution is -0.176. The van der Waals surface area contributed by atoms with Crippen LogP contribution < -0.4 is 10.2 Å². The van der Waals surface area contributed by atoms with E-state index in [0.717, 1.165) is 24.3 Å². The standard InChI is InChI=1S/C16H23F3N2/c1-3-20-10-13-6-7-15(12(2)9-13)21-8-4-5-14(11-21)16(17,18)19/h6-7,9,14,20H,3-5,8,10-11H2,1-2H3. The highest BCUT2D eigenvalue weighted by molar-refractivity contribution is 5.54. The second-order valence-electron chi connectivity index (χ2n) is 5.73. The lowest BCUT2D eigenvalue weighted by Crippen LogP contribution is -2.42. The Morgan fingerprint density at radius 2 is 2.10 bits per heavy atom. The lowest BCUT2D eigenvalue weighted by atomic mass is 9.96. The molecule has 0 radical (unpaired) electrons. The Morgan fingerprint density at radius 1 is 1.33 bits per heavy atom. The number of rotatable bonds is 4. The molecule has 0 bridgehead atoms. The summed E-state index contributed by atoms with van der Waals surface area (Å²) in [5, 5.41) is 3.26. The minimum atomic E-state index is -4.09. The second-order valence-corrected chi connectivity index (χ2v) is 5.73. The first-order valence-electron chi connectivity index (χ1n) is 7.53. The Kier molecular flexibility index (Phi) is 5.14. The summed E-state index contributed by atoms with van der Waals surface area (Å²) in [6.07, 6.45) is -3.24. The molecule has 1 unspecified atom stereocenters. The number of hydrogen-bond donors (Lipinski definition) is 1. The zero-order valence-corrected chi connectivity index (χ0v) is 12.6. The average molecular weight is 300 g/mol. The van der Waals surface area contributed by atoms with Crippen LogP contribution in [0.2, 0.25) is 0 Å². The highest BCUT2D eigenvalue weighted by Crippen LogP contribution is 2.35. The van der Waals surface area contributed by atoms with E-state index in [2.05, 4.69) is 11.4 Å². The van der Waals surface area contributed by atoms with Gasteiger partial charge >= 0.3 is 6.18 Å². The molecule has 1 aromatic carbocycles. The molecule has 5 heteroatoms. The molecule has 2 rings (SSSR count). The Labute approximate surface area is 124 Å². The first-order chi connectivity index (χ1) is 9.91. The maximum atomic E-state index is 12.9. The fourth-order valence-electron chi connectivity index (χ4n) is 2.91. The normalized spacial score (nSPS) is 19.9. The number of alkyl halides is 3. The molecule has 1 heterocycles. The summed E-state index contributed by atoms with van der Waals surface area (Å²) in [5.41, 5.74) is 3.15. The summed E-state index contributed by atoms with van der Waals surface area (Å²) in [4.78, 5) is 1.88. The highest BCUT2D eigenvalue weighted by atomic mass is 19.4. The molecule has 0 aromatic heterocycles. The molecule has 1 aliphatic rings. The third-order valence-electron chi connectivity index (χ3n) is 4.07. The van der Waals surface area contributed by atoms with Gasteiger partial charge in [-0.2, -0.15) is 13.2 Å². The molecule has 0 saturated carbocycles. The summed E-state index contributed by atoms with van der Waals surface area (Å²) in [6, 6.07) is 6.03. The van der Waals surface area contributed by atoms with Gasteiger partial charge in [-0.05, 0) is 43.5 Å². The van der Waals surface area contributed by atoms with Crippen molar-refractivity contribution in [1.29, 1.82) is 0 Å². The van der Waals surface area contributed by atoms with Gasteiger partial charge in [-0.15, -0.1) is 0 Å². The highest BCUT2D eigenvalue weighted by Gasteiger charge is 2.41. The van der Waals surface area contributed by atoms with Gasteiger partial charge in [0, 0.05) is 25.3 Å². The summed E-state index contributed by atoms with van der Waals surface area (Å²) >= 11 is 0. The molecule has 1 fully saturated rings. The largest absolute Gasteiger partial charge is 0.393 e. The molecule has 21 heavy (non-hydrogen) atoms. The second kappa shape index (κ2) is 6.69. The van der Waals surface area contributed by atoms with E-state index in [0.29, 0.717) is 13.0 Å². The van der Waals surface area contributed by atoms with E-state index in [1.807, 2.05) is 30.9 Å². The van der Waals surface area contributed by atoms with E-state index in [1.165, 1.54) is 5.56 Å². The van der Waals surface area contributed by atoms with Crippen molar-refractivity contribution in [3.8, 4) is 0 Å². The van der Waals surface area contributed by atoms with E-state index >= 15 is 0 Å². The monoisotopic (exact) mass is 300 g/mol. The zero-order chi connectivity index (χ0) is 15.5. The number of aryl methyl sites for hydroxylation is 1. The summed E-state index contributed by atoms with van der Waals surface area (Å²) in [7, 11) is 0. The maximum absolute atomic E-state index is 12.9. The topological polar surface area (TPSA) is 15.3 Å². The van der Waals surface area contributed by atoms with Crippen LogP contribution in [-0.2, 0) is 6.54 Å². The van der Waals surface area contributed by atoms with E-state index in [-0.39, 0.29) is 13.0 Å². The van der Waals surface area contributed by atoms with Crippen molar-refractivity contribution in [1.82, 2.24) is 5.32 Å². The number of halogens is 3. The molecular weight excluding hydrogens is 277 g/mol. The molecule has 1 aliphatic heterocycles. The molecule has 118 valence electrons. The maximum Gasteiger partial charge on any atom is 0.393 e. The number of nitrogens with zero attached hydrogens (tertiary/aromatic N) is 1. The number of anilines is 1.